The van der Waals surface area contributed by atoms with Crippen molar-refractivity contribution in [2.45, 2.75) is 52.2 Å². The second-order valence-electron chi connectivity index (χ2n) is 5.85. The fraction of sp³-hybridized carbons (Fsp3) is 0.800. The minimum atomic E-state index is 0.658. The number of hydrogen-bond donors (Lipinski definition) is 0. The van der Waals surface area contributed by atoms with Crippen LogP contribution in [0.4, 0.5) is 0 Å². The molecule has 1 atom stereocenters. The SMILES string of the molecule is CCc1nn(CC)c(CN(C)C2CCCN(C)C2)c1Br. The average Bonchev–Trinajstić information content (AvgIpc) is 2.75. The largest absolute Gasteiger partial charge is 0.305 e. The summed E-state index contributed by atoms with van der Waals surface area (Å²) in [6, 6.07) is 0.658. The standard InChI is InChI=1S/C15H27BrN4/c1-5-13-15(16)14(20(6-2)17-13)11-19(4)12-8-7-9-18(3)10-12/h12H,5-11H2,1-4H3. The van der Waals surface area contributed by atoms with E-state index in [2.05, 4.69) is 58.4 Å². The van der Waals surface area contributed by atoms with Crippen LogP contribution in [0.5, 0.6) is 0 Å². The molecule has 0 saturated carbocycles. The summed E-state index contributed by atoms with van der Waals surface area (Å²) in [6.07, 6.45) is 3.59. The van der Waals surface area contributed by atoms with E-state index in [0.717, 1.165) is 19.5 Å². The molecule has 0 spiro atoms. The fourth-order valence-electron chi connectivity index (χ4n) is 3.03. The number of likely N-dealkylation sites (N-methyl/N-ethyl adjacent to an activating group) is 2. The van der Waals surface area contributed by atoms with Crippen molar-refractivity contribution >= 4 is 15.9 Å². The summed E-state index contributed by atoms with van der Waals surface area (Å²) in [6.45, 7) is 8.65. The number of aryl methyl sites for hydroxylation is 2. The Morgan fingerprint density at radius 2 is 2.15 bits per heavy atom. The van der Waals surface area contributed by atoms with Crippen LogP contribution in [0.1, 0.15) is 38.1 Å². The number of hydrogen-bond acceptors (Lipinski definition) is 3. The van der Waals surface area contributed by atoms with Gasteiger partial charge in [0.2, 0.25) is 0 Å². The summed E-state index contributed by atoms with van der Waals surface area (Å²) in [5.41, 5.74) is 2.50. The Balaban J connectivity index is 2.10. The Hall–Kier alpha value is -0.390. The maximum Gasteiger partial charge on any atom is 0.0767 e. The molecule has 2 rings (SSSR count). The number of piperidine rings is 1. The summed E-state index contributed by atoms with van der Waals surface area (Å²) in [5.74, 6) is 0. The zero-order valence-corrected chi connectivity index (χ0v) is 14.8. The van der Waals surface area contributed by atoms with Crippen LogP contribution in [0.3, 0.4) is 0 Å². The Bertz CT molecular complexity index is 443. The fourth-order valence-corrected chi connectivity index (χ4v) is 3.72. The molecular formula is C15H27BrN4. The molecule has 0 N–H and O–H groups in total. The second-order valence-corrected chi connectivity index (χ2v) is 6.64. The quantitative estimate of drug-likeness (QED) is 0.822. The number of nitrogens with zero attached hydrogens (tertiary/aromatic N) is 4. The van der Waals surface area contributed by atoms with Crippen LogP contribution in [-0.4, -0.2) is 52.8 Å². The smallest absolute Gasteiger partial charge is 0.0767 e. The third-order valence-corrected chi connectivity index (χ3v) is 5.23. The molecule has 0 radical (unpaired) electrons. The van der Waals surface area contributed by atoms with Gasteiger partial charge in [0.15, 0.2) is 0 Å². The minimum Gasteiger partial charge on any atom is -0.305 e. The molecule has 0 aliphatic carbocycles. The molecule has 1 fully saturated rings. The van der Waals surface area contributed by atoms with Crippen molar-refractivity contribution in [1.82, 2.24) is 19.6 Å². The van der Waals surface area contributed by atoms with Crippen LogP contribution in [0.15, 0.2) is 4.47 Å². The van der Waals surface area contributed by atoms with Crippen LogP contribution in [0.25, 0.3) is 0 Å². The van der Waals surface area contributed by atoms with Gasteiger partial charge in [0.05, 0.1) is 15.9 Å². The highest BCUT2D eigenvalue weighted by molar-refractivity contribution is 9.10. The van der Waals surface area contributed by atoms with Crippen LogP contribution < -0.4 is 0 Å². The molecular weight excluding hydrogens is 316 g/mol. The highest BCUT2D eigenvalue weighted by atomic mass is 79.9. The van der Waals surface area contributed by atoms with Gasteiger partial charge < -0.3 is 4.90 Å². The third kappa shape index (κ3) is 3.43. The van der Waals surface area contributed by atoms with Crippen molar-refractivity contribution in [3.8, 4) is 0 Å². The molecule has 0 bridgehead atoms. The van der Waals surface area contributed by atoms with Crippen molar-refractivity contribution in [3.05, 3.63) is 15.9 Å². The monoisotopic (exact) mass is 342 g/mol. The molecule has 1 aromatic rings. The lowest BCUT2D eigenvalue weighted by Gasteiger charge is -2.35. The van der Waals surface area contributed by atoms with E-state index in [9.17, 15) is 0 Å². The van der Waals surface area contributed by atoms with Crippen LogP contribution in [-0.2, 0) is 19.5 Å². The van der Waals surface area contributed by atoms with E-state index in [0.29, 0.717) is 6.04 Å². The third-order valence-electron chi connectivity index (χ3n) is 4.32. The Morgan fingerprint density at radius 3 is 2.75 bits per heavy atom. The first-order chi connectivity index (χ1) is 9.56. The lowest BCUT2D eigenvalue weighted by molar-refractivity contribution is 0.127. The molecule has 1 saturated heterocycles. The predicted molar refractivity (Wildman–Crippen MR) is 87.0 cm³/mol. The lowest BCUT2D eigenvalue weighted by Crippen LogP contribution is -2.44. The molecule has 0 amide bonds. The molecule has 1 aromatic heterocycles. The first-order valence-corrected chi connectivity index (χ1v) is 8.48. The number of halogens is 1. The van der Waals surface area contributed by atoms with Gasteiger partial charge in [-0.05, 0) is 62.8 Å². The molecule has 4 nitrogen and oxygen atoms in total. The first kappa shape index (κ1) is 16.0. The molecule has 2 heterocycles. The molecule has 1 unspecified atom stereocenters. The number of aromatic nitrogens is 2. The van der Waals surface area contributed by atoms with E-state index in [1.54, 1.807) is 0 Å². The van der Waals surface area contributed by atoms with Gasteiger partial charge >= 0.3 is 0 Å². The van der Waals surface area contributed by atoms with Gasteiger partial charge in [-0.15, -0.1) is 0 Å². The highest BCUT2D eigenvalue weighted by Gasteiger charge is 2.23. The van der Waals surface area contributed by atoms with Crippen LogP contribution in [0, 0.1) is 0 Å². The van der Waals surface area contributed by atoms with Crippen molar-refractivity contribution in [2.75, 3.05) is 27.2 Å². The maximum atomic E-state index is 4.69. The number of likely N-dealkylation sites (tertiary alicyclic amines) is 1. The van der Waals surface area contributed by atoms with Gasteiger partial charge in [-0.1, -0.05) is 6.92 Å². The van der Waals surface area contributed by atoms with E-state index in [4.69, 9.17) is 5.10 Å². The van der Waals surface area contributed by atoms with Crippen molar-refractivity contribution in [1.29, 1.82) is 0 Å². The Kier molecular flexibility index (Phi) is 5.64. The van der Waals surface area contributed by atoms with E-state index >= 15 is 0 Å². The van der Waals surface area contributed by atoms with Gasteiger partial charge in [-0.25, -0.2) is 0 Å². The summed E-state index contributed by atoms with van der Waals surface area (Å²) in [5, 5.41) is 4.69. The summed E-state index contributed by atoms with van der Waals surface area (Å²) < 4.78 is 3.35. The van der Waals surface area contributed by atoms with Gasteiger partial charge in [-0.3, -0.25) is 9.58 Å². The van der Waals surface area contributed by atoms with Crippen LogP contribution in [0.2, 0.25) is 0 Å². The summed E-state index contributed by atoms with van der Waals surface area (Å²) in [4.78, 5) is 4.93. The van der Waals surface area contributed by atoms with Crippen molar-refractivity contribution < 1.29 is 0 Å². The molecule has 114 valence electrons. The first-order valence-electron chi connectivity index (χ1n) is 7.69. The van der Waals surface area contributed by atoms with E-state index in [-0.39, 0.29) is 0 Å². The molecule has 5 heteroatoms. The molecule has 0 aromatic carbocycles. The topological polar surface area (TPSA) is 24.3 Å². The average molecular weight is 343 g/mol. The van der Waals surface area contributed by atoms with E-state index in [1.165, 1.54) is 41.8 Å². The molecule has 20 heavy (non-hydrogen) atoms. The zero-order valence-electron chi connectivity index (χ0n) is 13.2. The second kappa shape index (κ2) is 7.05. The summed E-state index contributed by atoms with van der Waals surface area (Å²) in [7, 11) is 4.47. The predicted octanol–water partition coefficient (Wildman–Crippen LogP) is 2.75. The van der Waals surface area contributed by atoms with E-state index < -0.39 is 0 Å². The van der Waals surface area contributed by atoms with E-state index in [1.807, 2.05) is 0 Å². The normalized spacial score (nSPS) is 20.8. The number of rotatable bonds is 5. The zero-order chi connectivity index (χ0) is 14.7. The van der Waals surface area contributed by atoms with Crippen molar-refractivity contribution in [3.63, 3.8) is 0 Å². The minimum absolute atomic E-state index is 0.658. The molecule has 1 aliphatic rings. The van der Waals surface area contributed by atoms with Gasteiger partial charge in [0, 0.05) is 25.7 Å². The Morgan fingerprint density at radius 1 is 1.40 bits per heavy atom. The summed E-state index contributed by atoms with van der Waals surface area (Å²) >= 11 is 3.75. The van der Waals surface area contributed by atoms with Gasteiger partial charge in [0.1, 0.15) is 0 Å². The molecule has 1 aliphatic heterocycles. The van der Waals surface area contributed by atoms with Crippen LogP contribution >= 0.6 is 15.9 Å². The van der Waals surface area contributed by atoms with Crippen molar-refractivity contribution in [2.24, 2.45) is 0 Å². The lowest BCUT2D eigenvalue weighted by atomic mass is 10.0. The highest BCUT2D eigenvalue weighted by Crippen LogP contribution is 2.25. The Labute approximate surface area is 131 Å². The van der Waals surface area contributed by atoms with Gasteiger partial charge in [-0.2, -0.15) is 5.10 Å². The van der Waals surface area contributed by atoms with Gasteiger partial charge in [0.25, 0.3) is 0 Å². The maximum absolute atomic E-state index is 4.69.